The summed E-state index contributed by atoms with van der Waals surface area (Å²) in [5, 5.41) is 18.4. The van der Waals surface area contributed by atoms with Gasteiger partial charge in [0, 0.05) is 18.1 Å². The van der Waals surface area contributed by atoms with Crippen molar-refractivity contribution < 1.29 is 19.7 Å². The minimum Gasteiger partial charge on any atom is -0.480 e. The van der Waals surface area contributed by atoms with Gasteiger partial charge < -0.3 is 19.8 Å². The van der Waals surface area contributed by atoms with E-state index in [0.717, 1.165) is 0 Å². The largest absolute Gasteiger partial charge is 0.480 e. The molecule has 0 aliphatic rings. The monoisotopic (exact) mass is 365 g/mol. The van der Waals surface area contributed by atoms with E-state index in [-0.39, 0.29) is 32.2 Å². The Bertz CT molecular complexity index is 452. The number of amides is 1. The fourth-order valence-electron chi connectivity index (χ4n) is 1.64. The van der Waals surface area contributed by atoms with Gasteiger partial charge in [-0.1, -0.05) is 11.6 Å². The van der Waals surface area contributed by atoms with Gasteiger partial charge in [0.1, 0.15) is 5.75 Å². The zero-order valence-corrected chi connectivity index (χ0v) is 13.4. The number of benzene rings is 1. The molecule has 0 fully saturated rings. The maximum Gasteiger partial charge on any atom is 0.263 e. The van der Waals surface area contributed by atoms with Crippen LogP contribution in [-0.2, 0) is 4.79 Å². The van der Waals surface area contributed by atoms with Gasteiger partial charge in [-0.3, -0.25) is 4.79 Å². The summed E-state index contributed by atoms with van der Waals surface area (Å²) in [5.74, 6) is 0.207. The van der Waals surface area contributed by atoms with Crippen molar-refractivity contribution in [1.82, 2.24) is 4.90 Å². The maximum absolute atomic E-state index is 12.1. The number of rotatable bonds is 7. The van der Waals surface area contributed by atoms with Crippen molar-refractivity contribution in [2.75, 3.05) is 26.3 Å². The summed E-state index contributed by atoms with van der Waals surface area (Å²) in [6, 6.07) is 5.00. The summed E-state index contributed by atoms with van der Waals surface area (Å²) in [5.41, 5.74) is 0. The van der Waals surface area contributed by atoms with Gasteiger partial charge in [-0.25, -0.2) is 0 Å². The molecule has 1 atom stereocenters. The second-order valence-electron chi connectivity index (χ2n) is 4.11. The second kappa shape index (κ2) is 8.46. The number of ether oxygens (including phenoxy) is 1. The Morgan fingerprint density at radius 2 is 2.00 bits per heavy atom. The van der Waals surface area contributed by atoms with E-state index in [0.29, 0.717) is 15.2 Å². The van der Waals surface area contributed by atoms with Gasteiger partial charge in [-0.05, 0) is 41.1 Å². The SMILES string of the molecule is CC(Oc1ccc(Cl)cc1Br)C(=O)N(CCO)CCO. The molecule has 1 amide bonds. The van der Waals surface area contributed by atoms with Gasteiger partial charge >= 0.3 is 0 Å². The molecule has 1 aromatic carbocycles. The lowest BCUT2D eigenvalue weighted by atomic mass is 10.3. The number of carbonyl (C=O) groups is 1. The highest BCUT2D eigenvalue weighted by atomic mass is 79.9. The van der Waals surface area contributed by atoms with Gasteiger partial charge in [0.15, 0.2) is 6.10 Å². The van der Waals surface area contributed by atoms with Crippen LogP contribution in [0.5, 0.6) is 5.75 Å². The smallest absolute Gasteiger partial charge is 0.263 e. The molecule has 0 heterocycles. The van der Waals surface area contributed by atoms with Gasteiger partial charge in [0.2, 0.25) is 0 Å². The van der Waals surface area contributed by atoms with Crippen LogP contribution in [0.2, 0.25) is 5.02 Å². The number of nitrogens with zero attached hydrogens (tertiary/aromatic N) is 1. The normalized spacial score (nSPS) is 12.1. The highest BCUT2D eigenvalue weighted by Gasteiger charge is 2.22. The van der Waals surface area contributed by atoms with Gasteiger partial charge in [-0.2, -0.15) is 0 Å². The molecular weight excluding hydrogens is 350 g/mol. The van der Waals surface area contributed by atoms with Crippen LogP contribution in [0, 0.1) is 0 Å². The lowest BCUT2D eigenvalue weighted by Crippen LogP contribution is -2.43. The minimum absolute atomic E-state index is 0.162. The molecular formula is C13H17BrClNO4. The lowest BCUT2D eigenvalue weighted by molar-refractivity contribution is -0.139. The summed E-state index contributed by atoms with van der Waals surface area (Å²) < 4.78 is 6.23. The molecule has 5 nitrogen and oxygen atoms in total. The summed E-state index contributed by atoms with van der Waals surface area (Å²) in [4.78, 5) is 13.5. The first-order chi connectivity index (χ1) is 9.49. The van der Waals surface area contributed by atoms with E-state index >= 15 is 0 Å². The van der Waals surface area contributed by atoms with Crippen LogP contribution >= 0.6 is 27.5 Å². The third-order valence-corrected chi connectivity index (χ3v) is 3.45. The van der Waals surface area contributed by atoms with Crippen molar-refractivity contribution in [3.05, 3.63) is 27.7 Å². The third-order valence-electron chi connectivity index (χ3n) is 2.60. The molecule has 2 N–H and O–H groups in total. The van der Waals surface area contributed by atoms with E-state index in [1.54, 1.807) is 25.1 Å². The Labute approximate surface area is 131 Å². The molecule has 0 aliphatic carbocycles. The third kappa shape index (κ3) is 4.94. The average molecular weight is 367 g/mol. The van der Waals surface area contributed by atoms with Gasteiger partial charge in [-0.15, -0.1) is 0 Å². The van der Waals surface area contributed by atoms with Gasteiger partial charge in [0.25, 0.3) is 5.91 Å². The van der Waals surface area contributed by atoms with Crippen LogP contribution in [0.4, 0.5) is 0 Å². The van der Waals surface area contributed by atoms with Crippen molar-refractivity contribution in [3.8, 4) is 5.75 Å². The topological polar surface area (TPSA) is 70.0 Å². The number of hydrogen-bond acceptors (Lipinski definition) is 4. The molecule has 1 aromatic rings. The molecule has 0 spiro atoms. The molecule has 112 valence electrons. The predicted molar refractivity (Wildman–Crippen MR) is 80.0 cm³/mol. The number of halogens is 2. The first kappa shape index (κ1) is 17.2. The van der Waals surface area contributed by atoms with E-state index in [4.69, 9.17) is 26.6 Å². The van der Waals surface area contributed by atoms with E-state index < -0.39 is 6.10 Å². The molecule has 1 rings (SSSR count). The molecule has 1 unspecified atom stereocenters. The highest BCUT2D eigenvalue weighted by Crippen LogP contribution is 2.28. The standard InChI is InChI=1S/C13H17BrClNO4/c1-9(13(19)16(4-6-17)5-7-18)20-12-3-2-10(15)8-11(12)14/h2-3,8-9,17-18H,4-7H2,1H3. The molecule has 0 aliphatic heterocycles. The molecule has 0 saturated carbocycles. The van der Waals surface area contributed by atoms with Crippen molar-refractivity contribution >= 4 is 33.4 Å². The predicted octanol–water partition coefficient (Wildman–Crippen LogP) is 1.68. The van der Waals surface area contributed by atoms with E-state index in [1.165, 1.54) is 4.90 Å². The molecule has 20 heavy (non-hydrogen) atoms. The lowest BCUT2D eigenvalue weighted by Gasteiger charge is -2.25. The fourth-order valence-corrected chi connectivity index (χ4v) is 2.42. The van der Waals surface area contributed by atoms with Crippen molar-refractivity contribution in [1.29, 1.82) is 0 Å². The first-order valence-electron chi connectivity index (χ1n) is 6.11. The van der Waals surface area contributed by atoms with Crippen molar-refractivity contribution in [2.45, 2.75) is 13.0 Å². The van der Waals surface area contributed by atoms with Crippen LogP contribution < -0.4 is 4.74 Å². The van der Waals surface area contributed by atoms with Crippen LogP contribution in [0.25, 0.3) is 0 Å². The Morgan fingerprint density at radius 3 is 2.50 bits per heavy atom. The van der Waals surface area contributed by atoms with E-state index in [9.17, 15) is 4.79 Å². The zero-order chi connectivity index (χ0) is 15.1. The first-order valence-corrected chi connectivity index (χ1v) is 7.29. The summed E-state index contributed by atoms with van der Waals surface area (Å²) >= 11 is 9.14. The number of hydrogen-bond donors (Lipinski definition) is 2. The molecule has 0 saturated heterocycles. The quantitative estimate of drug-likeness (QED) is 0.770. The van der Waals surface area contributed by atoms with Gasteiger partial charge in [0.05, 0.1) is 17.7 Å². The summed E-state index contributed by atoms with van der Waals surface area (Å²) in [7, 11) is 0. The van der Waals surface area contributed by atoms with Crippen molar-refractivity contribution in [3.63, 3.8) is 0 Å². The molecule has 0 bridgehead atoms. The Morgan fingerprint density at radius 1 is 1.40 bits per heavy atom. The van der Waals surface area contributed by atoms with Crippen LogP contribution in [0.1, 0.15) is 6.92 Å². The molecule has 7 heteroatoms. The number of aliphatic hydroxyl groups excluding tert-OH is 2. The van der Waals surface area contributed by atoms with Crippen LogP contribution in [-0.4, -0.2) is 53.4 Å². The minimum atomic E-state index is -0.731. The maximum atomic E-state index is 12.1. The average Bonchev–Trinajstić information content (AvgIpc) is 2.40. The zero-order valence-electron chi connectivity index (χ0n) is 11.1. The fraction of sp³-hybridized carbons (Fsp3) is 0.462. The highest BCUT2D eigenvalue weighted by molar-refractivity contribution is 9.10. The van der Waals surface area contributed by atoms with Crippen LogP contribution in [0.15, 0.2) is 22.7 Å². The van der Waals surface area contributed by atoms with E-state index in [1.807, 2.05) is 0 Å². The molecule has 0 aromatic heterocycles. The van der Waals surface area contributed by atoms with Crippen molar-refractivity contribution in [2.24, 2.45) is 0 Å². The Hall–Kier alpha value is -0.820. The molecule has 0 radical (unpaired) electrons. The summed E-state index contributed by atoms with van der Waals surface area (Å²) in [6.45, 7) is 1.61. The number of carbonyl (C=O) groups excluding carboxylic acids is 1. The summed E-state index contributed by atoms with van der Waals surface area (Å²) in [6.07, 6.45) is -0.731. The number of aliphatic hydroxyl groups is 2. The Balaban J connectivity index is 2.73. The second-order valence-corrected chi connectivity index (χ2v) is 5.40. The Kier molecular flexibility index (Phi) is 7.29. The van der Waals surface area contributed by atoms with Crippen LogP contribution in [0.3, 0.4) is 0 Å². The van der Waals surface area contributed by atoms with E-state index in [2.05, 4.69) is 15.9 Å².